The molecule has 0 heterocycles. The summed E-state index contributed by atoms with van der Waals surface area (Å²) < 4.78 is 0. The predicted octanol–water partition coefficient (Wildman–Crippen LogP) is 8.51. The summed E-state index contributed by atoms with van der Waals surface area (Å²) in [7, 11) is 0. The van der Waals surface area contributed by atoms with Crippen molar-refractivity contribution >= 4 is 22.7 Å². The van der Waals surface area contributed by atoms with E-state index in [0.717, 1.165) is 22.7 Å². The van der Waals surface area contributed by atoms with Gasteiger partial charge in [0.25, 0.3) is 0 Å². The third kappa shape index (κ3) is 4.71. The quantitative estimate of drug-likeness (QED) is 0.292. The first kappa shape index (κ1) is 19.7. The second kappa shape index (κ2) is 9.23. The monoisotopic (exact) mass is 412 g/mol. The number of hydrogen-bond donors (Lipinski definition) is 2. The minimum Gasteiger partial charge on any atom is -0.356 e. The van der Waals surface area contributed by atoms with Gasteiger partial charge in [-0.2, -0.15) is 0 Å². The average molecular weight is 413 g/mol. The van der Waals surface area contributed by atoms with Crippen molar-refractivity contribution in [1.82, 2.24) is 0 Å². The Hall–Kier alpha value is -4.30. The standard InChI is InChI=1S/C30H24N2/c1-3-7-23(8-4-1)24-11-17-29(18-12-24)32-30-21-15-26(16-22-30)25-13-19-28(20-14-25)31-27-9-5-2-6-10-27/h1-22,31-32H. The zero-order valence-electron chi connectivity index (χ0n) is 17.7. The van der Waals surface area contributed by atoms with E-state index < -0.39 is 0 Å². The van der Waals surface area contributed by atoms with Gasteiger partial charge >= 0.3 is 0 Å². The molecule has 0 aliphatic carbocycles. The van der Waals surface area contributed by atoms with Gasteiger partial charge in [0, 0.05) is 22.7 Å². The van der Waals surface area contributed by atoms with Crippen LogP contribution in [0.1, 0.15) is 0 Å². The molecule has 0 amide bonds. The van der Waals surface area contributed by atoms with Crippen LogP contribution in [0.2, 0.25) is 0 Å². The van der Waals surface area contributed by atoms with Gasteiger partial charge in [0.2, 0.25) is 0 Å². The van der Waals surface area contributed by atoms with Gasteiger partial charge in [-0.05, 0) is 70.8 Å². The topological polar surface area (TPSA) is 24.1 Å². The van der Waals surface area contributed by atoms with Crippen LogP contribution < -0.4 is 10.6 Å². The van der Waals surface area contributed by atoms with Crippen LogP contribution in [-0.4, -0.2) is 0 Å². The summed E-state index contributed by atoms with van der Waals surface area (Å²) in [4.78, 5) is 0. The van der Waals surface area contributed by atoms with Crippen molar-refractivity contribution < 1.29 is 0 Å². The summed E-state index contributed by atoms with van der Waals surface area (Å²) in [5.41, 5.74) is 9.16. The number of anilines is 4. The first-order valence-electron chi connectivity index (χ1n) is 10.8. The van der Waals surface area contributed by atoms with Crippen molar-refractivity contribution in [2.45, 2.75) is 0 Å². The van der Waals surface area contributed by atoms with E-state index in [-0.39, 0.29) is 0 Å². The molecule has 0 aliphatic rings. The molecular formula is C30H24N2. The molecule has 2 heteroatoms. The summed E-state index contributed by atoms with van der Waals surface area (Å²) >= 11 is 0. The van der Waals surface area contributed by atoms with Crippen LogP contribution in [0, 0.1) is 0 Å². The van der Waals surface area contributed by atoms with E-state index in [4.69, 9.17) is 0 Å². The fourth-order valence-corrected chi connectivity index (χ4v) is 3.72. The van der Waals surface area contributed by atoms with Gasteiger partial charge in [-0.3, -0.25) is 0 Å². The lowest BCUT2D eigenvalue weighted by molar-refractivity contribution is 1.52. The Kier molecular flexibility index (Phi) is 5.67. The molecule has 5 aromatic carbocycles. The molecule has 32 heavy (non-hydrogen) atoms. The van der Waals surface area contributed by atoms with Crippen LogP contribution in [0.15, 0.2) is 133 Å². The van der Waals surface area contributed by atoms with Gasteiger partial charge in [-0.25, -0.2) is 0 Å². The number of rotatable bonds is 6. The normalized spacial score (nSPS) is 10.5. The van der Waals surface area contributed by atoms with Gasteiger partial charge in [-0.1, -0.05) is 84.9 Å². The van der Waals surface area contributed by atoms with E-state index >= 15 is 0 Å². The smallest absolute Gasteiger partial charge is 0.0384 e. The molecule has 0 radical (unpaired) electrons. The van der Waals surface area contributed by atoms with Crippen LogP contribution in [-0.2, 0) is 0 Å². The Labute approximate surface area is 189 Å². The molecule has 0 fully saturated rings. The van der Waals surface area contributed by atoms with Crippen molar-refractivity contribution in [3.05, 3.63) is 133 Å². The maximum atomic E-state index is 3.49. The van der Waals surface area contributed by atoms with E-state index in [1.807, 2.05) is 24.3 Å². The first-order chi connectivity index (χ1) is 15.8. The fourth-order valence-electron chi connectivity index (χ4n) is 3.72. The minimum absolute atomic E-state index is 1.07. The molecule has 154 valence electrons. The molecule has 0 atom stereocenters. The lowest BCUT2D eigenvalue weighted by Crippen LogP contribution is -1.91. The summed E-state index contributed by atoms with van der Waals surface area (Å²) in [5.74, 6) is 0. The lowest BCUT2D eigenvalue weighted by atomic mass is 10.0. The molecule has 2 N–H and O–H groups in total. The van der Waals surface area contributed by atoms with Gasteiger partial charge in [-0.15, -0.1) is 0 Å². The Morgan fingerprint density at radius 1 is 0.250 bits per heavy atom. The molecule has 2 nitrogen and oxygen atoms in total. The van der Waals surface area contributed by atoms with Crippen molar-refractivity contribution in [3.8, 4) is 22.3 Å². The third-order valence-electron chi connectivity index (χ3n) is 5.45. The molecule has 5 aromatic rings. The van der Waals surface area contributed by atoms with E-state index in [0.29, 0.717) is 0 Å². The summed E-state index contributed by atoms with van der Waals surface area (Å²) in [6.07, 6.45) is 0. The summed E-state index contributed by atoms with van der Waals surface area (Å²) in [6, 6.07) is 46.3. The van der Waals surface area contributed by atoms with E-state index in [1.165, 1.54) is 22.3 Å². The van der Waals surface area contributed by atoms with Crippen molar-refractivity contribution in [1.29, 1.82) is 0 Å². The SMILES string of the molecule is c1ccc(Nc2ccc(-c3ccc(Nc4ccc(-c5ccccc5)cc4)cc3)cc2)cc1. The van der Waals surface area contributed by atoms with Gasteiger partial charge in [0.05, 0.1) is 0 Å². The lowest BCUT2D eigenvalue weighted by Gasteiger charge is -2.10. The second-order valence-corrected chi connectivity index (χ2v) is 7.71. The summed E-state index contributed by atoms with van der Waals surface area (Å²) in [5, 5.41) is 6.91. The van der Waals surface area contributed by atoms with Crippen LogP contribution in [0.25, 0.3) is 22.3 Å². The number of nitrogens with one attached hydrogen (secondary N) is 2. The van der Waals surface area contributed by atoms with Crippen molar-refractivity contribution in [2.75, 3.05) is 10.6 Å². The van der Waals surface area contributed by atoms with E-state index in [1.54, 1.807) is 0 Å². The maximum absolute atomic E-state index is 3.49. The van der Waals surface area contributed by atoms with Crippen LogP contribution >= 0.6 is 0 Å². The molecule has 0 bridgehead atoms. The Morgan fingerprint density at radius 3 is 0.906 bits per heavy atom. The average Bonchev–Trinajstić information content (AvgIpc) is 2.87. The highest BCUT2D eigenvalue weighted by Crippen LogP contribution is 2.27. The van der Waals surface area contributed by atoms with Gasteiger partial charge in [0.1, 0.15) is 0 Å². The number of benzene rings is 5. The first-order valence-corrected chi connectivity index (χ1v) is 10.8. The van der Waals surface area contributed by atoms with Crippen LogP contribution in [0.3, 0.4) is 0 Å². The highest BCUT2D eigenvalue weighted by Gasteiger charge is 2.02. The molecule has 5 rings (SSSR count). The van der Waals surface area contributed by atoms with Gasteiger partial charge < -0.3 is 10.6 Å². The molecule has 0 spiro atoms. The largest absolute Gasteiger partial charge is 0.356 e. The molecule has 0 aliphatic heterocycles. The summed E-state index contributed by atoms with van der Waals surface area (Å²) in [6.45, 7) is 0. The third-order valence-corrected chi connectivity index (χ3v) is 5.45. The zero-order chi connectivity index (χ0) is 21.6. The Bertz CT molecular complexity index is 1260. The second-order valence-electron chi connectivity index (χ2n) is 7.71. The number of para-hydroxylation sites is 1. The molecule has 0 saturated heterocycles. The Morgan fingerprint density at radius 2 is 0.531 bits per heavy atom. The molecule has 0 saturated carbocycles. The van der Waals surface area contributed by atoms with Crippen molar-refractivity contribution in [3.63, 3.8) is 0 Å². The molecule has 0 aromatic heterocycles. The van der Waals surface area contributed by atoms with E-state index in [9.17, 15) is 0 Å². The van der Waals surface area contributed by atoms with E-state index in [2.05, 4.69) is 120 Å². The minimum atomic E-state index is 1.07. The van der Waals surface area contributed by atoms with Gasteiger partial charge in [0.15, 0.2) is 0 Å². The van der Waals surface area contributed by atoms with Crippen LogP contribution in [0.4, 0.5) is 22.7 Å². The number of hydrogen-bond acceptors (Lipinski definition) is 2. The molecule has 0 unspecified atom stereocenters. The maximum Gasteiger partial charge on any atom is 0.0384 e. The zero-order valence-corrected chi connectivity index (χ0v) is 17.7. The highest BCUT2D eigenvalue weighted by atomic mass is 14.9. The van der Waals surface area contributed by atoms with Crippen LogP contribution in [0.5, 0.6) is 0 Å². The predicted molar refractivity (Wildman–Crippen MR) is 137 cm³/mol. The fraction of sp³-hybridized carbons (Fsp3) is 0. The molecular weight excluding hydrogens is 388 g/mol. The Balaban J connectivity index is 1.24. The highest BCUT2D eigenvalue weighted by molar-refractivity contribution is 5.72. The van der Waals surface area contributed by atoms with Crippen molar-refractivity contribution in [2.24, 2.45) is 0 Å².